The van der Waals surface area contributed by atoms with Crippen molar-refractivity contribution in [1.29, 1.82) is 0 Å². The molecule has 0 aliphatic heterocycles. The van der Waals surface area contributed by atoms with Crippen molar-refractivity contribution in [2.75, 3.05) is 41.6 Å². The van der Waals surface area contributed by atoms with Gasteiger partial charge >= 0.3 is 5.97 Å². The Labute approximate surface area is 193 Å². The molecular formula is C22H28N4O6S. The molecule has 2 aromatic carbocycles. The molecule has 0 saturated heterocycles. The fourth-order valence-electron chi connectivity index (χ4n) is 3.13. The van der Waals surface area contributed by atoms with Gasteiger partial charge in [0.05, 0.1) is 22.7 Å². The number of nitrogens with zero attached hydrogens (tertiary/aromatic N) is 2. The molecule has 0 aromatic heterocycles. The fraction of sp³-hybridized carbons (Fsp3) is 0.318. The van der Waals surface area contributed by atoms with E-state index in [0.717, 1.165) is 0 Å². The summed E-state index contributed by atoms with van der Waals surface area (Å²) in [5.74, 6) is -1.72. The zero-order chi connectivity index (χ0) is 24.8. The summed E-state index contributed by atoms with van der Waals surface area (Å²) < 4.78 is 27.8. The largest absolute Gasteiger partial charge is 0.478 e. The summed E-state index contributed by atoms with van der Waals surface area (Å²) in [4.78, 5) is 38.5. The number of carbonyl (C=O) groups excluding carboxylic acids is 2. The van der Waals surface area contributed by atoms with Gasteiger partial charge in [0.2, 0.25) is 11.8 Å². The van der Waals surface area contributed by atoms with Crippen molar-refractivity contribution in [2.45, 2.75) is 25.7 Å². The maximum atomic E-state index is 12.8. The Kier molecular flexibility index (Phi) is 8.41. The number of hydrogen-bond donors (Lipinski definition) is 3. The van der Waals surface area contributed by atoms with E-state index in [-0.39, 0.29) is 34.5 Å². The predicted molar refractivity (Wildman–Crippen MR) is 126 cm³/mol. The number of benzene rings is 2. The van der Waals surface area contributed by atoms with Gasteiger partial charge in [-0.3, -0.25) is 14.3 Å². The summed E-state index contributed by atoms with van der Waals surface area (Å²) in [6.45, 7) is 6.26. The molecule has 0 aliphatic rings. The number of nitrogens with one attached hydrogen (secondary N) is 2. The van der Waals surface area contributed by atoms with Crippen molar-refractivity contribution in [1.82, 2.24) is 4.90 Å². The Morgan fingerprint density at radius 2 is 1.61 bits per heavy atom. The van der Waals surface area contributed by atoms with Crippen LogP contribution in [0.3, 0.4) is 0 Å². The van der Waals surface area contributed by atoms with Crippen molar-refractivity contribution < 1.29 is 27.9 Å². The molecule has 11 heteroatoms. The van der Waals surface area contributed by atoms with Gasteiger partial charge in [-0.05, 0) is 56.3 Å². The first-order chi connectivity index (χ1) is 15.5. The molecule has 0 bridgehead atoms. The van der Waals surface area contributed by atoms with E-state index in [0.29, 0.717) is 24.5 Å². The minimum absolute atomic E-state index is 0.0481. The average molecular weight is 477 g/mol. The number of amides is 2. The van der Waals surface area contributed by atoms with Crippen LogP contribution in [0.5, 0.6) is 0 Å². The number of aromatic carboxylic acids is 1. The molecule has 0 fully saturated rings. The minimum atomic E-state index is -4.09. The van der Waals surface area contributed by atoms with E-state index >= 15 is 0 Å². The van der Waals surface area contributed by atoms with E-state index in [2.05, 4.69) is 10.0 Å². The highest BCUT2D eigenvalue weighted by atomic mass is 32.2. The van der Waals surface area contributed by atoms with Gasteiger partial charge < -0.3 is 20.2 Å². The minimum Gasteiger partial charge on any atom is -0.478 e. The molecule has 2 aromatic rings. The number of carboxylic acid groups (broad SMARTS) is 1. The van der Waals surface area contributed by atoms with Crippen molar-refractivity contribution in [3.05, 3.63) is 48.0 Å². The van der Waals surface area contributed by atoms with Crippen LogP contribution in [0.25, 0.3) is 0 Å². The summed E-state index contributed by atoms with van der Waals surface area (Å²) in [6, 6.07) is 9.66. The second kappa shape index (κ2) is 10.8. The molecule has 2 rings (SSSR count). The first-order valence-corrected chi connectivity index (χ1v) is 11.7. The number of sulfonamides is 1. The van der Waals surface area contributed by atoms with Gasteiger partial charge in [-0.15, -0.1) is 0 Å². The normalized spacial score (nSPS) is 10.9. The zero-order valence-electron chi connectivity index (χ0n) is 19.0. The van der Waals surface area contributed by atoms with Crippen LogP contribution in [0.4, 0.5) is 17.1 Å². The highest BCUT2D eigenvalue weighted by Crippen LogP contribution is 2.26. The fourth-order valence-corrected chi connectivity index (χ4v) is 4.21. The third-order valence-corrected chi connectivity index (χ3v) is 6.27. The number of rotatable bonds is 10. The van der Waals surface area contributed by atoms with Crippen LogP contribution >= 0.6 is 0 Å². The van der Waals surface area contributed by atoms with E-state index in [9.17, 15) is 27.9 Å². The SMILES string of the molecule is CCN(CC)C(=O)CN(C)c1ccc(NS(=O)(=O)c2ccc(NC(C)=O)cc2)c(C(=O)O)c1. The van der Waals surface area contributed by atoms with E-state index in [1.54, 1.807) is 22.9 Å². The number of likely N-dealkylation sites (N-methyl/N-ethyl adjacent to an activating group) is 2. The molecule has 0 spiro atoms. The van der Waals surface area contributed by atoms with Gasteiger partial charge in [-0.2, -0.15) is 0 Å². The lowest BCUT2D eigenvalue weighted by molar-refractivity contribution is -0.129. The molecule has 178 valence electrons. The highest BCUT2D eigenvalue weighted by molar-refractivity contribution is 7.92. The van der Waals surface area contributed by atoms with Crippen molar-refractivity contribution >= 4 is 44.9 Å². The Balaban J connectivity index is 2.27. The van der Waals surface area contributed by atoms with Crippen LogP contribution in [0.1, 0.15) is 31.1 Å². The second-order valence-electron chi connectivity index (χ2n) is 7.27. The topological polar surface area (TPSA) is 136 Å². The number of anilines is 3. The Morgan fingerprint density at radius 3 is 2.12 bits per heavy atom. The van der Waals surface area contributed by atoms with E-state index in [1.165, 1.54) is 43.3 Å². The molecule has 3 N–H and O–H groups in total. The summed E-state index contributed by atoms with van der Waals surface area (Å²) in [5, 5.41) is 12.2. The number of hydrogen-bond acceptors (Lipinski definition) is 6. The van der Waals surface area contributed by atoms with Crippen LogP contribution in [0, 0.1) is 0 Å². The van der Waals surface area contributed by atoms with Crippen molar-refractivity contribution in [3.8, 4) is 0 Å². The molecule has 33 heavy (non-hydrogen) atoms. The molecule has 0 heterocycles. The highest BCUT2D eigenvalue weighted by Gasteiger charge is 2.21. The first-order valence-electron chi connectivity index (χ1n) is 10.2. The zero-order valence-corrected chi connectivity index (χ0v) is 19.8. The van der Waals surface area contributed by atoms with E-state index in [4.69, 9.17) is 0 Å². The van der Waals surface area contributed by atoms with Gasteiger partial charge in [-0.25, -0.2) is 13.2 Å². The lowest BCUT2D eigenvalue weighted by Gasteiger charge is -2.25. The summed E-state index contributed by atoms with van der Waals surface area (Å²) in [6.07, 6.45) is 0. The maximum absolute atomic E-state index is 12.8. The summed E-state index contributed by atoms with van der Waals surface area (Å²) in [7, 11) is -2.43. The van der Waals surface area contributed by atoms with Crippen molar-refractivity contribution in [2.24, 2.45) is 0 Å². The van der Waals surface area contributed by atoms with Gasteiger partial charge in [0.25, 0.3) is 10.0 Å². The lowest BCUT2D eigenvalue weighted by Crippen LogP contribution is -2.38. The smallest absolute Gasteiger partial charge is 0.337 e. The van der Waals surface area contributed by atoms with Crippen LogP contribution in [0.2, 0.25) is 0 Å². The van der Waals surface area contributed by atoms with Crippen LogP contribution in [-0.2, 0) is 19.6 Å². The van der Waals surface area contributed by atoms with Crippen LogP contribution in [-0.4, -0.2) is 62.9 Å². The molecule has 0 radical (unpaired) electrons. The van der Waals surface area contributed by atoms with Crippen LogP contribution < -0.4 is 14.9 Å². The lowest BCUT2D eigenvalue weighted by atomic mass is 10.1. The predicted octanol–water partition coefficient (Wildman–Crippen LogP) is 2.45. The Morgan fingerprint density at radius 1 is 1.00 bits per heavy atom. The Bertz CT molecular complexity index is 1130. The molecule has 0 unspecified atom stereocenters. The standard InChI is InChI=1S/C22H28N4O6S/c1-5-26(6-2)21(28)14-25(4)17-9-12-20(19(13-17)22(29)30)24-33(31,32)18-10-7-16(8-11-18)23-15(3)27/h7-13,24H,5-6,14H2,1-4H3,(H,23,27)(H,29,30). The van der Waals surface area contributed by atoms with Gasteiger partial charge in [0.15, 0.2) is 0 Å². The third kappa shape index (κ3) is 6.69. The number of carbonyl (C=O) groups is 3. The number of carboxylic acids is 1. The third-order valence-electron chi connectivity index (χ3n) is 4.89. The van der Waals surface area contributed by atoms with Gasteiger partial charge in [0.1, 0.15) is 0 Å². The molecule has 0 saturated carbocycles. The molecule has 10 nitrogen and oxygen atoms in total. The molecule has 0 atom stereocenters. The van der Waals surface area contributed by atoms with Crippen LogP contribution in [0.15, 0.2) is 47.4 Å². The maximum Gasteiger partial charge on any atom is 0.337 e. The average Bonchev–Trinajstić information content (AvgIpc) is 2.74. The summed E-state index contributed by atoms with van der Waals surface area (Å²) >= 11 is 0. The monoisotopic (exact) mass is 476 g/mol. The van der Waals surface area contributed by atoms with Gasteiger partial charge in [0, 0.05) is 38.4 Å². The molecular weight excluding hydrogens is 448 g/mol. The summed E-state index contributed by atoms with van der Waals surface area (Å²) in [5.41, 5.74) is 0.517. The van der Waals surface area contributed by atoms with E-state index in [1.807, 2.05) is 13.8 Å². The molecule has 0 aliphatic carbocycles. The second-order valence-corrected chi connectivity index (χ2v) is 8.95. The van der Waals surface area contributed by atoms with E-state index < -0.39 is 16.0 Å². The quantitative estimate of drug-likeness (QED) is 0.479. The molecule has 2 amide bonds. The Hall–Kier alpha value is -3.60. The first kappa shape index (κ1) is 25.7. The van der Waals surface area contributed by atoms with Gasteiger partial charge in [-0.1, -0.05) is 0 Å². The van der Waals surface area contributed by atoms with Crippen molar-refractivity contribution in [3.63, 3.8) is 0 Å².